The summed E-state index contributed by atoms with van der Waals surface area (Å²) in [5, 5.41) is 0.409. The third-order valence-electron chi connectivity index (χ3n) is 13.6. The van der Waals surface area contributed by atoms with Crippen molar-refractivity contribution in [3.05, 3.63) is 35.5 Å². The summed E-state index contributed by atoms with van der Waals surface area (Å²) in [5.74, 6) is 2.29. The maximum absolute atomic E-state index is 7.09. The van der Waals surface area contributed by atoms with Crippen LogP contribution in [0.4, 0.5) is 0 Å². The zero-order valence-electron chi connectivity index (χ0n) is 33.8. The minimum atomic E-state index is -1.88. The van der Waals surface area contributed by atoms with Crippen LogP contribution in [0.2, 0.25) is 36.3 Å². The van der Waals surface area contributed by atoms with Gasteiger partial charge in [0.05, 0.1) is 17.8 Å². The fraction of sp³-hybridized carbons (Fsp3) is 0.854. The van der Waals surface area contributed by atoms with Crippen molar-refractivity contribution in [1.82, 2.24) is 0 Å². The zero-order chi connectivity index (χ0) is 35.6. The Labute approximate surface area is 294 Å². The second kappa shape index (κ2) is 15.4. The predicted octanol–water partition coefficient (Wildman–Crippen LogP) is 12.2. The molecule has 0 N–H and O–H groups in total. The van der Waals surface area contributed by atoms with Crippen molar-refractivity contribution in [3.63, 3.8) is 0 Å². The third-order valence-corrected chi connectivity index (χ3v) is 22.7. The van der Waals surface area contributed by atoms with Crippen LogP contribution in [0.25, 0.3) is 0 Å². The van der Waals surface area contributed by atoms with E-state index >= 15 is 0 Å². The van der Waals surface area contributed by atoms with Crippen molar-refractivity contribution >= 4 is 16.6 Å². The van der Waals surface area contributed by atoms with Gasteiger partial charge >= 0.3 is 0 Å². The van der Waals surface area contributed by atoms with E-state index in [1.807, 2.05) is 0 Å². The van der Waals surface area contributed by atoms with E-state index in [1.165, 1.54) is 37.7 Å². The van der Waals surface area contributed by atoms with Crippen LogP contribution in [0, 0.1) is 29.1 Å². The highest BCUT2D eigenvalue weighted by Crippen LogP contribution is 2.59. The van der Waals surface area contributed by atoms with Gasteiger partial charge in [-0.3, -0.25) is 0 Å². The Kier molecular flexibility index (Phi) is 13.4. The van der Waals surface area contributed by atoms with Crippen molar-refractivity contribution < 1.29 is 18.3 Å². The summed E-state index contributed by atoms with van der Waals surface area (Å²) in [4.78, 5) is 0. The van der Waals surface area contributed by atoms with E-state index in [-0.39, 0.29) is 27.9 Å². The summed E-state index contributed by atoms with van der Waals surface area (Å²) in [6.07, 6.45) is 20.1. The van der Waals surface area contributed by atoms with Crippen LogP contribution in [0.5, 0.6) is 0 Å². The molecule has 0 heterocycles. The molecule has 0 radical (unpaired) electrons. The molecule has 0 amide bonds. The Balaban J connectivity index is 1.82. The third kappa shape index (κ3) is 10.1. The first-order valence-electron chi connectivity index (χ1n) is 19.0. The van der Waals surface area contributed by atoms with Gasteiger partial charge in [-0.15, -0.1) is 0 Å². The topological polar surface area (TPSA) is 36.9 Å². The summed E-state index contributed by atoms with van der Waals surface area (Å²) in [6.45, 7) is 35.8. The van der Waals surface area contributed by atoms with Crippen molar-refractivity contribution in [2.75, 3.05) is 13.9 Å². The number of hydrogen-bond donors (Lipinski definition) is 0. The van der Waals surface area contributed by atoms with Crippen LogP contribution in [0.15, 0.2) is 35.5 Å². The molecule has 6 heteroatoms. The van der Waals surface area contributed by atoms with Crippen molar-refractivity contribution in [2.45, 2.75) is 182 Å². The SMILES string of the molecule is COCOC(C)(C)[C@@H](C)/C=C/[C@@H](C)[C@H]1CC[C@H]2/C(=C/C=C3C[C@@H](O[Si](C)(C)C(C)(C)C)C[C@H](O[Si](C)(C)C(C)(C)C)C3)CCC[C@]12C. The molecule has 47 heavy (non-hydrogen) atoms. The first-order chi connectivity index (χ1) is 21.4. The van der Waals surface area contributed by atoms with Gasteiger partial charge < -0.3 is 18.3 Å². The Morgan fingerprint density at radius 1 is 0.830 bits per heavy atom. The molecule has 0 aromatic carbocycles. The fourth-order valence-electron chi connectivity index (χ4n) is 8.05. The van der Waals surface area contributed by atoms with Gasteiger partial charge in [0.2, 0.25) is 0 Å². The summed E-state index contributed by atoms with van der Waals surface area (Å²) in [7, 11) is -2.08. The van der Waals surface area contributed by atoms with Crippen molar-refractivity contribution in [3.8, 4) is 0 Å². The lowest BCUT2D eigenvalue weighted by atomic mass is 9.61. The van der Waals surface area contributed by atoms with Gasteiger partial charge in [-0.1, -0.05) is 97.8 Å². The summed E-state index contributed by atoms with van der Waals surface area (Å²) >= 11 is 0. The molecule has 3 fully saturated rings. The molecule has 3 rings (SSSR count). The Morgan fingerprint density at radius 3 is 1.89 bits per heavy atom. The minimum Gasteiger partial charge on any atom is -0.414 e. The molecule has 0 aromatic heterocycles. The van der Waals surface area contributed by atoms with Gasteiger partial charge in [-0.25, -0.2) is 0 Å². The van der Waals surface area contributed by atoms with Crippen LogP contribution < -0.4 is 0 Å². The van der Waals surface area contributed by atoms with E-state index in [0.29, 0.717) is 30.0 Å². The van der Waals surface area contributed by atoms with Crippen LogP contribution >= 0.6 is 0 Å². The lowest BCUT2D eigenvalue weighted by Gasteiger charge is -2.45. The molecule has 7 atom stereocenters. The molecule has 0 unspecified atom stereocenters. The van der Waals surface area contributed by atoms with Gasteiger partial charge in [-0.05, 0) is 125 Å². The smallest absolute Gasteiger partial charge is 0.192 e. The van der Waals surface area contributed by atoms with Crippen LogP contribution in [0.3, 0.4) is 0 Å². The van der Waals surface area contributed by atoms with E-state index in [1.54, 1.807) is 12.7 Å². The molecule has 0 aliphatic heterocycles. The first kappa shape index (κ1) is 40.9. The molecular formula is C41H76O4Si2. The quantitative estimate of drug-likeness (QED) is 0.116. The average Bonchev–Trinajstić information content (AvgIpc) is 3.29. The lowest BCUT2D eigenvalue weighted by Crippen LogP contribution is -2.48. The highest BCUT2D eigenvalue weighted by atomic mass is 28.4. The monoisotopic (exact) mass is 689 g/mol. The molecule has 0 spiro atoms. The number of allylic oxidation sites excluding steroid dienone is 4. The maximum Gasteiger partial charge on any atom is 0.192 e. The van der Waals surface area contributed by atoms with Gasteiger partial charge in [0.1, 0.15) is 6.79 Å². The van der Waals surface area contributed by atoms with Crippen LogP contribution in [-0.4, -0.2) is 48.3 Å². The van der Waals surface area contributed by atoms with Crippen LogP contribution in [-0.2, 0) is 18.3 Å². The number of methoxy groups -OCH3 is 1. The molecule has 0 saturated heterocycles. The van der Waals surface area contributed by atoms with E-state index in [9.17, 15) is 0 Å². The molecule has 0 aromatic rings. The van der Waals surface area contributed by atoms with Gasteiger partial charge in [0.25, 0.3) is 0 Å². The molecule has 3 saturated carbocycles. The second-order valence-corrected chi connectivity index (χ2v) is 29.0. The predicted molar refractivity (Wildman–Crippen MR) is 207 cm³/mol. The van der Waals surface area contributed by atoms with Crippen molar-refractivity contribution in [1.29, 1.82) is 0 Å². The number of rotatable bonds is 12. The summed E-state index contributed by atoms with van der Waals surface area (Å²) in [6, 6.07) is 0. The minimum absolute atomic E-state index is 0.204. The largest absolute Gasteiger partial charge is 0.414 e. The summed E-state index contributed by atoms with van der Waals surface area (Å²) < 4.78 is 25.4. The normalized spacial score (nSPS) is 30.6. The standard InChI is InChI=1S/C41H76O4Si2/c1-30(19-20-31(2)40(9,10)43-29-42-12)36-23-24-37-33(18-17-25-41(36,37)11)22-21-32-26-34(44-46(13,14)38(3,4)5)28-35(27-32)45-47(15,16)39(6,7)8/h19-22,30-31,34-37H,17-18,23-29H2,1-16H3/b20-19+,33-22+/t30-,31+,34-,35-,36-,37+,41-/m1/s1. The maximum atomic E-state index is 7.09. The average molecular weight is 689 g/mol. The van der Waals surface area contributed by atoms with E-state index in [0.717, 1.165) is 25.2 Å². The Bertz CT molecular complexity index is 1080. The first-order valence-corrected chi connectivity index (χ1v) is 24.8. The molecule has 3 aliphatic carbocycles. The van der Waals surface area contributed by atoms with E-state index < -0.39 is 16.6 Å². The zero-order valence-corrected chi connectivity index (χ0v) is 35.8. The molecule has 0 bridgehead atoms. The molecule has 4 nitrogen and oxygen atoms in total. The van der Waals surface area contributed by atoms with Crippen LogP contribution in [0.1, 0.15) is 128 Å². The van der Waals surface area contributed by atoms with Gasteiger partial charge in [-0.2, -0.15) is 0 Å². The van der Waals surface area contributed by atoms with Gasteiger partial charge in [0, 0.05) is 13.0 Å². The summed E-state index contributed by atoms with van der Waals surface area (Å²) in [5.41, 5.74) is 3.35. The van der Waals surface area contributed by atoms with E-state index in [2.05, 4.69) is 127 Å². The Hall–Kier alpha value is -0.506. The van der Waals surface area contributed by atoms with Crippen molar-refractivity contribution in [2.24, 2.45) is 29.1 Å². The molecular weight excluding hydrogens is 613 g/mol. The fourth-order valence-corrected chi connectivity index (χ4v) is 10.8. The molecule has 3 aliphatic rings. The Morgan fingerprint density at radius 2 is 1.38 bits per heavy atom. The molecule has 272 valence electrons. The highest BCUT2D eigenvalue weighted by molar-refractivity contribution is 6.74. The number of fused-ring (bicyclic) bond motifs is 1. The van der Waals surface area contributed by atoms with E-state index in [4.69, 9.17) is 18.3 Å². The lowest BCUT2D eigenvalue weighted by molar-refractivity contribution is -0.128. The van der Waals surface area contributed by atoms with Gasteiger partial charge in [0.15, 0.2) is 16.6 Å². The number of hydrogen-bond acceptors (Lipinski definition) is 4. The number of ether oxygens (including phenoxy) is 2. The second-order valence-electron chi connectivity index (χ2n) is 19.5. The highest BCUT2D eigenvalue weighted by Gasteiger charge is 2.50.